The van der Waals surface area contributed by atoms with Gasteiger partial charge in [0.2, 0.25) is 5.75 Å². The van der Waals surface area contributed by atoms with E-state index in [1.54, 1.807) is 45.3 Å². The highest BCUT2D eigenvalue weighted by molar-refractivity contribution is 5.58. The Labute approximate surface area is 198 Å². The number of nitrogens with zero attached hydrogens (tertiary/aromatic N) is 4. The van der Waals surface area contributed by atoms with Crippen LogP contribution in [0.2, 0.25) is 0 Å². The van der Waals surface area contributed by atoms with Gasteiger partial charge in [-0.25, -0.2) is 0 Å². The average Bonchev–Trinajstić information content (AvgIpc) is 3.38. The molecule has 1 N–H and O–H groups in total. The molecule has 0 bridgehead atoms. The Kier molecular flexibility index (Phi) is 7.24. The number of methoxy groups -OCH3 is 4. The molecule has 0 saturated heterocycles. The molecule has 1 unspecified atom stereocenters. The van der Waals surface area contributed by atoms with E-state index in [9.17, 15) is 0 Å². The van der Waals surface area contributed by atoms with Crippen molar-refractivity contribution in [2.75, 3.05) is 28.4 Å². The van der Waals surface area contributed by atoms with Crippen molar-refractivity contribution in [1.29, 1.82) is 0 Å². The molecule has 1 heterocycles. The fourth-order valence-corrected chi connectivity index (χ4v) is 3.74. The van der Waals surface area contributed by atoms with Gasteiger partial charge < -0.3 is 18.9 Å². The molecule has 0 saturated carbocycles. The van der Waals surface area contributed by atoms with E-state index in [-0.39, 0.29) is 6.04 Å². The number of hydrogen-bond acceptors (Lipinski definition) is 8. The zero-order valence-electron chi connectivity index (χ0n) is 19.6. The third-order valence-electron chi connectivity index (χ3n) is 5.43. The van der Waals surface area contributed by atoms with Crippen molar-refractivity contribution in [3.8, 4) is 28.7 Å². The van der Waals surface area contributed by atoms with Crippen molar-refractivity contribution in [3.05, 3.63) is 83.7 Å². The maximum atomic E-state index is 5.52. The van der Waals surface area contributed by atoms with Crippen molar-refractivity contribution in [2.24, 2.45) is 0 Å². The van der Waals surface area contributed by atoms with Crippen LogP contribution < -0.4 is 24.3 Å². The number of tetrazole rings is 1. The van der Waals surface area contributed by atoms with Crippen molar-refractivity contribution < 1.29 is 18.9 Å². The van der Waals surface area contributed by atoms with E-state index >= 15 is 0 Å². The highest BCUT2D eigenvalue weighted by atomic mass is 16.5. The predicted octanol–water partition coefficient (Wildman–Crippen LogP) is 3.58. The van der Waals surface area contributed by atoms with Gasteiger partial charge in [0, 0.05) is 18.7 Å². The van der Waals surface area contributed by atoms with Crippen LogP contribution in [0.4, 0.5) is 0 Å². The van der Waals surface area contributed by atoms with E-state index in [0.29, 0.717) is 35.3 Å². The maximum absolute atomic E-state index is 5.52. The first-order valence-electron chi connectivity index (χ1n) is 10.7. The molecule has 0 aliphatic heterocycles. The highest BCUT2D eigenvalue weighted by Gasteiger charge is 2.24. The molecule has 34 heavy (non-hydrogen) atoms. The van der Waals surface area contributed by atoms with E-state index in [1.165, 1.54) is 0 Å². The van der Waals surface area contributed by atoms with Gasteiger partial charge in [-0.05, 0) is 33.7 Å². The molecule has 9 nitrogen and oxygen atoms in total. The minimum atomic E-state index is -0.329. The summed E-state index contributed by atoms with van der Waals surface area (Å²) in [6.45, 7) is 0.616. The van der Waals surface area contributed by atoms with Gasteiger partial charge in [-0.3, -0.25) is 5.32 Å². The second kappa shape index (κ2) is 10.7. The van der Waals surface area contributed by atoms with Gasteiger partial charge >= 0.3 is 0 Å². The molecule has 0 aliphatic carbocycles. The number of aromatic nitrogens is 4. The van der Waals surface area contributed by atoms with E-state index in [4.69, 9.17) is 18.9 Å². The summed E-state index contributed by atoms with van der Waals surface area (Å²) in [5.41, 5.74) is 2.77. The van der Waals surface area contributed by atoms with E-state index in [0.717, 1.165) is 16.9 Å². The second-order valence-corrected chi connectivity index (χ2v) is 7.41. The molecule has 0 fully saturated rings. The lowest BCUT2D eigenvalue weighted by atomic mass is 10.0. The topological polar surface area (TPSA) is 92.6 Å². The van der Waals surface area contributed by atoms with Crippen LogP contribution in [0.3, 0.4) is 0 Å². The summed E-state index contributed by atoms with van der Waals surface area (Å²) in [4.78, 5) is 0. The summed E-state index contributed by atoms with van der Waals surface area (Å²) in [7, 11) is 6.35. The molecule has 0 radical (unpaired) electrons. The lowest BCUT2D eigenvalue weighted by Gasteiger charge is -2.20. The monoisotopic (exact) mass is 461 g/mol. The number of rotatable bonds is 10. The summed E-state index contributed by atoms with van der Waals surface area (Å²) < 4.78 is 23.6. The van der Waals surface area contributed by atoms with Crippen molar-refractivity contribution in [2.45, 2.75) is 12.6 Å². The van der Waals surface area contributed by atoms with Gasteiger partial charge in [-0.2, -0.15) is 4.68 Å². The van der Waals surface area contributed by atoms with E-state index in [1.807, 2.05) is 42.5 Å². The maximum Gasteiger partial charge on any atom is 0.203 e. The standard InChI is InChI=1S/C25H27N5O4/c1-31-20-12-8-11-18(13-20)23(26-16-17-9-6-5-7-10-17)25-27-28-29-30(25)19-14-21(32-2)24(34-4)22(15-19)33-3/h5-15,23,26H,16H2,1-4H3. The summed E-state index contributed by atoms with van der Waals surface area (Å²) >= 11 is 0. The molecule has 3 aromatic carbocycles. The first-order valence-corrected chi connectivity index (χ1v) is 10.7. The zero-order valence-corrected chi connectivity index (χ0v) is 19.6. The summed E-state index contributed by atoms with van der Waals surface area (Å²) in [5.74, 6) is 2.85. The SMILES string of the molecule is COc1cccc(C(NCc2ccccc2)c2nnnn2-c2cc(OC)c(OC)c(OC)c2)c1. The van der Waals surface area contributed by atoms with Crippen molar-refractivity contribution in [3.63, 3.8) is 0 Å². The Balaban J connectivity index is 1.79. The number of benzene rings is 3. The van der Waals surface area contributed by atoms with Crippen LogP contribution in [0.15, 0.2) is 66.7 Å². The Hall–Kier alpha value is -4.11. The molecule has 4 rings (SSSR count). The van der Waals surface area contributed by atoms with Gasteiger partial charge in [-0.15, -0.1) is 5.10 Å². The summed E-state index contributed by atoms with van der Waals surface area (Å²) in [6, 6.07) is 21.3. The average molecular weight is 462 g/mol. The number of ether oxygens (including phenoxy) is 4. The number of nitrogens with one attached hydrogen (secondary N) is 1. The zero-order chi connectivity index (χ0) is 23.9. The van der Waals surface area contributed by atoms with E-state index < -0.39 is 0 Å². The fraction of sp³-hybridized carbons (Fsp3) is 0.240. The highest BCUT2D eigenvalue weighted by Crippen LogP contribution is 2.39. The normalized spacial score (nSPS) is 11.6. The van der Waals surface area contributed by atoms with Crippen LogP contribution >= 0.6 is 0 Å². The molecule has 1 atom stereocenters. The van der Waals surface area contributed by atoms with Gasteiger partial charge in [0.05, 0.1) is 40.2 Å². The summed E-state index contributed by atoms with van der Waals surface area (Å²) in [5, 5.41) is 16.2. The lowest BCUT2D eigenvalue weighted by Crippen LogP contribution is -2.25. The third kappa shape index (κ3) is 4.79. The minimum absolute atomic E-state index is 0.329. The lowest BCUT2D eigenvalue weighted by molar-refractivity contribution is 0.324. The van der Waals surface area contributed by atoms with Crippen LogP contribution in [-0.2, 0) is 6.54 Å². The molecule has 4 aromatic rings. The Morgan fingerprint density at radius 2 is 1.56 bits per heavy atom. The smallest absolute Gasteiger partial charge is 0.203 e. The molecular formula is C25H27N5O4. The van der Waals surface area contributed by atoms with E-state index in [2.05, 4.69) is 33.0 Å². The van der Waals surface area contributed by atoms with Gasteiger partial charge in [0.1, 0.15) is 5.75 Å². The summed E-state index contributed by atoms with van der Waals surface area (Å²) in [6.07, 6.45) is 0. The molecule has 9 heteroatoms. The Morgan fingerprint density at radius 3 is 2.21 bits per heavy atom. The molecule has 0 aliphatic rings. The first kappa shape index (κ1) is 23.1. The largest absolute Gasteiger partial charge is 0.497 e. The van der Waals surface area contributed by atoms with Crippen molar-refractivity contribution in [1.82, 2.24) is 25.5 Å². The van der Waals surface area contributed by atoms with Crippen molar-refractivity contribution >= 4 is 0 Å². The van der Waals surface area contributed by atoms with Crippen LogP contribution in [0, 0.1) is 0 Å². The molecule has 176 valence electrons. The quantitative estimate of drug-likeness (QED) is 0.383. The van der Waals surface area contributed by atoms with Crippen LogP contribution in [0.25, 0.3) is 5.69 Å². The molecule has 0 spiro atoms. The Morgan fingerprint density at radius 1 is 0.824 bits per heavy atom. The number of hydrogen-bond donors (Lipinski definition) is 1. The van der Waals surface area contributed by atoms with Crippen LogP contribution in [-0.4, -0.2) is 48.6 Å². The molecule has 1 aromatic heterocycles. The van der Waals surface area contributed by atoms with Crippen LogP contribution in [0.5, 0.6) is 23.0 Å². The predicted molar refractivity (Wildman–Crippen MR) is 127 cm³/mol. The second-order valence-electron chi connectivity index (χ2n) is 7.41. The third-order valence-corrected chi connectivity index (χ3v) is 5.43. The van der Waals surface area contributed by atoms with Crippen LogP contribution in [0.1, 0.15) is 23.0 Å². The fourth-order valence-electron chi connectivity index (χ4n) is 3.74. The molecule has 0 amide bonds. The first-order chi connectivity index (χ1) is 16.7. The molecular weight excluding hydrogens is 434 g/mol. The van der Waals surface area contributed by atoms with Gasteiger partial charge in [0.15, 0.2) is 17.3 Å². The van der Waals surface area contributed by atoms with Gasteiger partial charge in [0.25, 0.3) is 0 Å². The Bertz CT molecular complexity index is 1200. The van der Waals surface area contributed by atoms with Gasteiger partial charge in [-0.1, -0.05) is 42.5 Å². The minimum Gasteiger partial charge on any atom is -0.497 e.